The van der Waals surface area contributed by atoms with Gasteiger partial charge in [-0.1, -0.05) is 18.2 Å². The van der Waals surface area contributed by atoms with Crippen molar-refractivity contribution in [2.45, 2.75) is 19.4 Å². The van der Waals surface area contributed by atoms with Crippen LogP contribution in [0.25, 0.3) is 0 Å². The van der Waals surface area contributed by atoms with Crippen LogP contribution in [0.3, 0.4) is 0 Å². The first-order valence-corrected chi connectivity index (χ1v) is 4.21. The Morgan fingerprint density at radius 3 is 3.33 bits per heavy atom. The van der Waals surface area contributed by atoms with Gasteiger partial charge in [-0.15, -0.1) is 0 Å². The lowest BCUT2D eigenvalue weighted by atomic mass is 10.1. The summed E-state index contributed by atoms with van der Waals surface area (Å²) in [5.74, 6) is 0.994. The molecule has 0 saturated carbocycles. The second kappa shape index (κ2) is 2.97. The number of nitrogens with one attached hydrogen (secondary N) is 1. The first kappa shape index (κ1) is 7.35. The number of aliphatic imine (C=N–C) groups is 1. The van der Waals surface area contributed by atoms with E-state index in [4.69, 9.17) is 0 Å². The van der Waals surface area contributed by atoms with Gasteiger partial charge in [0.2, 0.25) is 0 Å². The molecule has 0 aromatic rings. The third-order valence-corrected chi connectivity index (χ3v) is 1.92. The zero-order chi connectivity index (χ0) is 8.39. The second-order valence-corrected chi connectivity index (χ2v) is 3.02. The number of hydrogen-bond donors (Lipinski definition) is 1. The van der Waals surface area contributed by atoms with Crippen LogP contribution >= 0.6 is 0 Å². The molecule has 0 radical (unpaired) electrons. The smallest absolute Gasteiger partial charge is 0.0986 e. The molecule has 1 aliphatic carbocycles. The van der Waals surface area contributed by atoms with Gasteiger partial charge in [-0.05, 0) is 25.5 Å². The molecule has 0 fully saturated rings. The summed E-state index contributed by atoms with van der Waals surface area (Å²) >= 11 is 0. The lowest BCUT2D eigenvalue weighted by molar-refractivity contribution is 0.923. The molecule has 0 saturated heterocycles. The number of fused-ring (bicyclic) bond motifs is 1. The molecule has 0 aromatic carbocycles. The predicted octanol–water partition coefficient (Wildman–Crippen LogP) is 1.78. The highest BCUT2D eigenvalue weighted by atomic mass is 15.0. The maximum atomic E-state index is 4.41. The Kier molecular flexibility index (Phi) is 1.82. The van der Waals surface area contributed by atoms with Crippen molar-refractivity contribution in [2.24, 2.45) is 4.99 Å². The molecule has 0 aromatic heterocycles. The van der Waals surface area contributed by atoms with Crippen molar-refractivity contribution < 1.29 is 0 Å². The topological polar surface area (TPSA) is 24.4 Å². The van der Waals surface area contributed by atoms with Gasteiger partial charge in [0, 0.05) is 5.70 Å². The van der Waals surface area contributed by atoms with Crippen molar-refractivity contribution in [1.82, 2.24) is 5.32 Å². The largest absolute Gasteiger partial charge is 0.344 e. The summed E-state index contributed by atoms with van der Waals surface area (Å²) in [7, 11) is 0. The molecule has 2 rings (SSSR count). The molecule has 1 heterocycles. The lowest BCUT2D eigenvalue weighted by Gasteiger charge is -2.17. The molecule has 12 heavy (non-hydrogen) atoms. The average Bonchev–Trinajstić information content (AvgIpc) is 2.00. The first-order valence-electron chi connectivity index (χ1n) is 4.21. The Balaban J connectivity index is 2.32. The molecule has 62 valence electrons. The van der Waals surface area contributed by atoms with E-state index < -0.39 is 0 Å². The number of rotatable bonds is 0. The zero-order valence-corrected chi connectivity index (χ0v) is 7.12. The molecule has 0 amide bonds. The molecular formula is C10H12N2. The van der Waals surface area contributed by atoms with E-state index in [9.17, 15) is 0 Å². The normalized spacial score (nSPS) is 29.2. The summed E-state index contributed by atoms with van der Waals surface area (Å²) in [5.41, 5.74) is 1.16. The summed E-state index contributed by atoms with van der Waals surface area (Å²) in [5, 5.41) is 3.21. The molecule has 0 spiro atoms. The Hall–Kier alpha value is -1.31. The number of nitrogens with zero attached hydrogens (tertiary/aromatic N) is 1. The van der Waals surface area contributed by atoms with Crippen LogP contribution in [0.5, 0.6) is 0 Å². The van der Waals surface area contributed by atoms with E-state index in [1.54, 1.807) is 0 Å². The molecule has 2 heteroatoms. The summed E-state index contributed by atoms with van der Waals surface area (Å²) in [4.78, 5) is 4.41. The fourth-order valence-electron chi connectivity index (χ4n) is 1.42. The third-order valence-electron chi connectivity index (χ3n) is 1.92. The van der Waals surface area contributed by atoms with Crippen LogP contribution in [0.15, 0.2) is 41.1 Å². The summed E-state index contributed by atoms with van der Waals surface area (Å²) in [6.07, 6.45) is 11.7. The molecule has 2 bridgehead atoms. The van der Waals surface area contributed by atoms with Crippen molar-refractivity contribution >= 4 is 5.84 Å². The second-order valence-electron chi connectivity index (χ2n) is 3.02. The molecule has 1 atom stereocenters. The molecule has 1 N–H and O–H groups in total. The van der Waals surface area contributed by atoms with Crippen molar-refractivity contribution in [3.63, 3.8) is 0 Å². The van der Waals surface area contributed by atoms with Gasteiger partial charge in [-0.3, -0.25) is 4.99 Å². The lowest BCUT2D eigenvalue weighted by Crippen LogP contribution is -2.26. The van der Waals surface area contributed by atoms with Gasteiger partial charge in [-0.2, -0.15) is 0 Å². The van der Waals surface area contributed by atoms with Gasteiger partial charge < -0.3 is 5.32 Å². The summed E-state index contributed by atoms with van der Waals surface area (Å²) < 4.78 is 0. The predicted molar refractivity (Wildman–Crippen MR) is 51.0 cm³/mol. The highest BCUT2D eigenvalue weighted by molar-refractivity contribution is 5.83. The minimum absolute atomic E-state index is 0.242. The Morgan fingerprint density at radius 2 is 2.42 bits per heavy atom. The highest BCUT2D eigenvalue weighted by Crippen LogP contribution is 2.10. The standard InChI is InChI=1S/C10H12N2/c1-8-11-9-5-3-2-4-6-10(7-9)12-8/h3-7,9H,2H2,1H3,(H,11,12)/b5-3-,6-4?. The van der Waals surface area contributed by atoms with Gasteiger partial charge in [-0.25, -0.2) is 0 Å². The van der Waals surface area contributed by atoms with E-state index in [0.717, 1.165) is 18.0 Å². The van der Waals surface area contributed by atoms with E-state index >= 15 is 0 Å². The van der Waals surface area contributed by atoms with Crippen LogP contribution in [-0.4, -0.2) is 11.9 Å². The maximum absolute atomic E-state index is 4.41. The van der Waals surface area contributed by atoms with E-state index in [-0.39, 0.29) is 6.04 Å². The molecule has 1 unspecified atom stereocenters. The summed E-state index contributed by atoms with van der Waals surface area (Å²) in [6.45, 7) is 1.99. The molecule has 2 aliphatic rings. The van der Waals surface area contributed by atoms with Gasteiger partial charge in [0.1, 0.15) is 0 Å². The van der Waals surface area contributed by atoms with Gasteiger partial charge in [0.15, 0.2) is 0 Å². The van der Waals surface area contributed by atoms with Crippen LogP contribution in [0.4, 0.5) is 0 Å². The minimum Gasteiger partial charge on any atom is -0.344 e. The monoisotopic (exact) mass is 160 g/mol. The van der Waals surface area contributed by atoms with E-state index in [0.29, 0.717) is 0 Å². The minimum atomic E-state index is 0.242. The summed E-state index contributed by atoms with van der Waals surface area (Å²) in [6, 6.07) is 0.242. The van der Waals surface area contributed by atoms with Gasteiger partial charge in [0.05, 0.1) is 11.9 Å². The van der Waals surface area contributed by atoms with E-state index in [1.165, 1.54) is 0 Å². The zero-order valence-electron chi connectivity index (χ0n) is 7.12. The van der Waals surface area contributed by atoms with Crippen LogP contribution in [0.2, 0.25) is 0 Å². The third kappa shape index (κ3) is 1.47. The Labute approximate surface area is 72.4 Å². The van der Waals surface area contributed by atoms with Gasteiger partial charge >= 0.3 is 0 Å². The fourth-order valence-corrected chi connectivity index (χ4v) is 1.42. The number of hydrogen-bond acceptors (Lipinski definition) is 2. The first-order chi connectivity index (χ1) is 5.84. The van der Waals surface area contributed by atoms with Gasteiger partial charge in [0.25, 0.3) is 0 Å². The Bertz CT molecular complexity index is 295. The van der Waals surface area contributed by atoms with Crippen molar-refractivity contribution in [3.8, 4) is 0 Å². The fraction of sp³-hybridized carbons (Fsp3) is 0.300. The number of amidine groups is 1. The molecule has 1 aliphatic heterocycles. The van der Waals surface area contributed by atoms with Crippen LogP contribution in [-0.2, 0) is 0 Å². The quantitative estimate of drug-likeness (QED) is 0.537. The Morgan fingerprint density at radius 1 is 1.50 bits per heavy atom. The SMILES string of the molecule is CC1=NC2C=C(C=CC/C=C\2)N1. The van der Waals surface area contributed by atoms with Crippen molar-refractivity contribution in [1.29, 1.82) is 0 Å². The van der Waals surface area contributed by atoms with Crippen molar-refractivity contribution in [2.75, 3.05) is 0 Å². The van der Waals surface area contributed by atoms with Crippen LogP contribution in [0.1, 0.15) is 13.3 Å². The maximum Gasteiger partial charge on any atom is 0.0986 e. The van der Waals surface area contributed by atoms with Crippen LogP contribution < -0.4 is 5.32 Å². The molecular weight excluding hydrogens is 148 g/mol. The average molecular weight is 160 g/mol. The van der Waals surface area contributed by atoms with E-state index in [2.05, 4.69) is 40.7 Å². The van der Waals surface area contributed by atoms with Crippen LogP contribution in [0, 0.1) is 0 Å². The molecule has 2 nitrogen and oxygen atoms in total. The number of allylic oxidation sites excluding steroid dienone is 3. The van der Waals surface area contributed by atoms with E-state index in [1.807, 2.05) is 6.92 Å². The van der Waals surface area contributed by atoms with Crippen molar-refractivity contribution in [3.05, 3.63) is 36.1 Å². The highest BCUT2D eigenvalue weighted by Gasteiger charge is 2.08.